The van der Waals surface area contributed by atoms with Crippen molar-refractivity contribution in [2.75, 3.05) is 11.9 Å². The summed E-state index contributed by atoms with van der Waals surface area (Å²) >= 11 is 12.0. The van der Waals surface area contributed by atoms with Gasteiger partial charge < -0.3 is 10.4 Å². The monoisotopic (exact) mass is 299 g/mol. The normalized spacial score (nSPS) is 21.6. The Kier molecular flexibility index (Phi) is 5.14. The van der Waals surface area contributed by atoms with E-state index in [9.17, 15) is 5.11 Å². The van der Waals surface area contributed by atoms with Crippen LogP contribution in [0.4, 0.5) is 5.69 Å². The summed E-state index contributed by atoms with van der Waals surface area (Å²) in [4.78, 5) is 0. The van der Waals surface area contributed by atoms with Gasteiger partial charge in [-0.2, -0.15) is 0 Å². The first kappa shape index (κ1) is 14.7. The van der Waals surface area contributed by atoms with E-state index in [0.717, 1.165) is 37.9 Å². The highest BCUT2D eigenvalue weighted by Gasteiger charge is 2.19. The summed E-state index contributed by atoms with van der Waals surface area (Å²) in [6.45, 7) is 2.92. The number of benzene rings is 1. The zero-order valence-corrected chi connectivity index (χ0v) is 12.6. The van der Waals surface area contributed by atoms with Gasteiger partial charge in [-0.15, -0.1) is 0 Å². The number of nitrogens with one attached hydrogen (secondary N) is 1. The molecule has 4 heteroatoms. The highest BCUT2D eigenvalue weighted by atomic mass is 35.5. The minimum absolute atomic E-state index is 0.223. The van der Waals surface area contributed by atoms with Gasteiger partial charge in [-0.25, -0.2) is 0 Å². The van der Waals surface area contributed by atoms with Gasteiger partial charge in [0.15, 0.2) is 0 Å². The largest absolute Gasteiger partial charge is 0.389 e. The number of anilines is 1. The fourth-order valence-corrected chi connectivity index (χ4v) is 2.98. The Morgan fingerprint density at radius 3 is 2.84 bits per heavy atom. The number of hydrogen-bond donors (Lipinski definition) is 2. The highest BCUT2D eigenvalue weighted by Crippen LogP contribution is 2.29. The minimum atomic E-state index is -0.223. The lowest BCUT2D eigenvalue weighted by atomic mass is 10.0. The van der Waals surface area contributed by atoms with Crippen LogP contribution in [0.2, 0.25) is 10.0 Å². The molecule has 2 N–H and O–H groups in total. The van der Waals surface area contributed by atoms with E-state index >= 15 is 0 Å². The second-order valence-corrected chi connectivity index (χ2v) is 5.86. The summed E-state index contributed by atoms with van der Waals surface area (Å²) in [5.41, 5.74) is 3.42. The Balaban J connectivity index is 1.90. The Hall–Kier alpha value is -0.700. The fourth-order valence-electron chi connectivity index (χ4n) is 2.50. The van der Waals surface area contributed by atoms with Crippen LogP contribution in [-0.2, 0) is 0 Å². The van der Waals surface area contributed by atoms with E-state index in [1.165, 1.54) is 11.1 Å². The minimum Gasteiger partial charge on any atom is -0.389 e. The van der Waals surface area contributed by atoms with Crippen LogP contribution in [0.25, 0.3) is 0 Å². The topological polar surface area (TPSA) is 32.3 Å². The van der Waals surface area contributed by atoms with Crippen LogP contribution in [0, 0.1) is 0 Å². The zero-order chi connectivity index (χ0) is 13.8. The van der Waals surface area contributed by atoms with Gasteiger partial charge in [0.25, 0.3) is 0 Å². The molecule has 0 aliphatic heterocycles. The lowest BCUT2D eigenvalue weighted by Crippen LogP contribution is -2.07. The first-order valence-electron chi connectivity index (χ1n) is 6.63. The summed E-state index contributed by atoms with van der Waals surface area (Å²) < 4.78 is 0. The molecule has 0 radical (unpaired) electrons. The van der Waals surface area contributed by atoms with E-state index < -0.39 is 0 Å². The standard InChI is InChI=1S/C15H19Cl2NO/c1-10(12-3-2-4-15(12)19)7-8-18-14-6-5-11(16)9-13(14)17/h5-6,9,15,18-19H,2-4,7-8H2,1H3. The maximum atomic E-state index is 9.84. The lowest BCUT2D eigenvalue weighted by molar-refractivity contribution is 0.216. The van der Waals surface area contributed by atoms with Gasteiger partial charge in [0.2, 0.25) is 0 Å². The van der Waals surface area contributed by atoms with Crippen molar-refractivity contribution < 1.29 is 5.11 Å². The molecule has 0 amide bonds. The highest BCUT2D eigenvalue weighted by molar-refractivity contribution is 6.36. The quantitative estimate of drug-likeness (QED) is 0.793. The van der Waals surface area contributed by atoms with Crippen molar-refractivity contribution in [3.63, 3.8) is 0 Å². The maximum Gasteiger partial charge on any atom is 0.0752 e. The van der Waals surface area contributed by atoms with Crippen molar-refractivity contribution in [2.45, 2.75) is 38.7 Å². The van der Waals surface area contributed by atoms with E-state index in [-0.39, 0.29) is 6.10 Å². The summed E-state index contributed by atoms with van der Waals surface area (Å²) in [5.74, 6) is 0. The van der Waals surface area contributed by atoms with Crippen LogP contribution in [0.5, 0.6) is 0 Å². The summed E-state index contributed by atoms with van der Waals surface area (Å²) in [6, 6.07) is 5.44. The molecule has 19 heavy (non-hydrogen) atoms. The molecule has 0 saturated heterocycles. The molecule has 0 aromatic heterocycles. The van der Waals surface area contributed by atoms with Gasteiger partial charge in [-0.05, 0) is 56.4 Å². The predicted molar refractivity (Wildman–Crippen MR) is 82.1 cm³/mol. The third-order valence-corrected chi connectivity index (χ3v) is 4.17. The number of aliphatic hydroxyl groups excluding tert-OH is 1. The second kappa shape index (κ2) is 6.65. The van der Waals surface area contributed by atoms with Gasteiger partial charge in [0.1, 0.15) is 0 Å². The van der Waals surface area contributed by atoms with Crippen LogP contribution >= 0.6 is 23.2 Å². The molecular weight excluding hydrogens is 281 g/mol. The third kappa shape index (κ3) is 3.88. The number of halogens is 2. The second-order valence-electron chi connectivity index (χ2n) is 5.01. The Morgan fingerprint density at radius 1 is 1.42 bits per heavy atom. The summed E-state index contributed by atoms with van der Waals surface area (Å²) in [7, 11) is 0. The Bertz CT molecular complexity index is 485. The molecular formula is C15H19Cl2NO. The molecule has 104 valence electrons. The maximum absolute atomic E-state index is 9.84. The number of rotatable bonds is 4. The number of aliphatic hydroxyl groups is 1. The van der Waals surface area contributed by atoms with Crippen molar-refractivity contribution >= 4 is 28.9 Å². The van der Waals surface area contributed by atoms with Crippen LogP contribution in [-0.4, -0.2) is 17.8 Å². The molecule has 2 rings (SSSR count). The first-order chi connectivity index (χ1) is 9.08. The molecule has 0 heterocycles. The number of hydrogen-bond acceptors (Lipinski definition) is 2. The third-order valence-electron chi connectivity index (χ3n) is 3.62. The molecule has 1 aliphatic rings. The molecule has 1 aliphatic carbocycles. The zero-order valence-electron chi connectivity index (χ0n) is 11.0. The average molecular weight is 300 g/mol. The molecule has 0 bridgehead atoms. The van der Waals surface area contributed by atoms with Crippen LogP contribution < -0.4 is 5.32 Å². The van der Waals surface area contributed by atoms with Crippen molar-refractivity contribution in [2.24, 2.45) is 0 Å². The lowest BCUT2D eigenvalue weighted by Gasteiger charge is -2.12. The van der Waals surface area contributed by atoms with Crippen LogP contribution in [0.15, 0.2) is 29.3 Å². The molecule has 0 spiro atoms. The van der Waals surface area contributed by atoms with Crippen molar-refractivity contribution in [1.82, 2.24) is 0 Å². The van der Waals surface area contributed by atoms with E-state index in [1.807, 2.05) is 12.1 Å². The van der Waals surface area contributed by atoms with E-state index in [1.54, 1.807) is 6.07 Å². The Labute approximate surface area is 124 Å². The molecule has 1 saturated carbocycles. The van der Waals surface area contributed by atoms with E-state index in [0.29, 0.717) is 10.0 Å². The fraction of sp³-hybridized carbons (Fsp3) is 0.467. The molecule has 1 aromatic rings. The van der Waals surface area contributed by atoms with Gasteiger partial charge in [0.05, 0.1) is 16.8 Å². The average Bonchev–Trinajstić information content (AvgIpc) is 2.78. The summed E-state index contributed by atoms with van der Waals surface area (Å²) in [5, 5.41) is 14.4. The Morgan fingerprint density at radius 2 is 2.21 bits per heavy atom. The molecule has 1 unspecified atom stereocenters. The first-order valence-corrected chi connectivity index (χ1v) is 7.39. The molecule has 1 aromatic carbocycles. The van der Waals surface area contributed by atoms with Gasteiger partial charge in [-0.1, -0.05) is 28.8 Å². The molecule has 1 atom stereocenters. The molecule has 1 fully saturated rings. The van der Waals surface area contributed by atoms with Crippen molar-refractivity contribution in [3.05, 3.63) is 39.4 Å². The van der Waals surface area contributed by atoms with Crippen molar-refractivity contribution in [1.29, 1.82) is 0 Å². The smallest absolute Gasteiger partial charge is 0.0752 e. The molecule has 2 nitrogen and oxygen atoms in total. The SMILES string of the molecule is CC(CCNc1ccc(Cl)cc1Cl)=C1CCCC1O. The predicted octanol–water partition coefficient (Wildman–Crippen LogP) is 4.66. The van der Waals surface area contributed by atoms with Crippen LogP contribution in [0.3, 0.4) is 0 Å². The van der Waals surface area contributed by atoms with Crippen LogP contribution in [0.1, 0.15) is 32.6 Å². The van der Waals surface area contributed by atoms with E-state index in [4.69, 9.17) is 23.2 Å². The van der Waals surface area contributed by atoms with Gasteiger partial charge >= 0.3 is 0 Å². The van der Waals surface area contributed by atoms with E-state index in [2.05, 4.69) is 12.2 Å². The van der Waals surface area contributed by atoms with Gasteiger partial charge in [0, 0.05) is 11.6 Å². The van der Waals surface area contributed by atoms with Crippen molar-refractivity contribution in [3.8, 4) is 0 Å². The van der Waals surface area contributed by atoms with Gasteiger partial charge in [-0.3, -0.25) is 0 Å². The summed E-state index contributed by atoms with van der Waals surface area (Å²) in [6.07, 6.45) is 3.74.